The smallest absolute Gasteiger partial charge is 0.415 e. The summed E-state index contributed by atoms with van der Waals surface area (Å²) in [6, 6.07) is 0. The molecule has 0 unspecified atom stereocenters. The first-order valence-corrected chi connectivity index (χ1v) is 20.9. The van der Waals surface area contributed by atoms with Gasteiger partial charge in [-0.25, -0.2) is 0 Å². The Bertz CT molecular complexity index is 431. The summed E-state index contributed by atoms with van der Waals surface area (Å²) in [7, 11) is -9.35. The maximum Gasteiger partial charge on any atom is 0.483 e. The fourth-order valence-corrected chi connectivity index (χ4v) is 17.4. The van der Waals surface area contributed by atoms with Gasteiger partial charge >= 0.3 is 8.80 Å². The fraction of sp³-hybridized carbons (Fsp3) is 1.00. The number of rotatable bonds is 7. The minimum Gasteiger partial charge on any atom is -0.415 e. The van der Waals surface area contributed by atoms with Crippen molar-refractivity contribution in [1.29, 1.82) is 0 Å². The van der Waals surface area contributed by atoms with Crippen LogP contribution in [0.15, 0.2) is 0 Å². The first kappa shape index (κ1) is 27.7. The Kier molecular flexibility index (Phi) is 8.30. The molecule has 0 bridgehead atoms. The van der Waals surface area contributed by atoms with E-state index in [0.29, 0.717) is 6.17 Å². The topological polar surface area (TPSA) is 53.7 Å². The maximum absolute atomic E-state index is 6.98. The SMILES string of the molecule is CC(C)(C)[Si](C)(C)O[Si](CN)(O[Si](C)(C)C(C)(C)C)O[Si](C)(C)C(C)(C)C. The summed E-state index contributed by atoms with van der Waals surface area (Å²) < 4.78 is 20.9. The molecule has 0 saturated heterocycles. The van der Waals surface area contributed by atoms with Crippen molar-refractivity contribution in [3.8, 4) is 0 Å². The van der Waals surface area contributed by atoms with Crippen LogP contribution < -0.4 is 5.73 Å². The highest BCUT2D eigenvalue weighted by molar-refractivity contribution is 6.92. The molecule has 0 radical (unpaired) electrons. The lowest BCUT2D eigenvalue weighted by Gasteiger charge is -2.51. The van der Waals surface area contributed by atoms with Crippen LogP contribution in [-0.2, 0) is 12.3 Å². The van der Waals surface area contributed by atoms with E-state index in [9.17, 15) is 0 Å². The van der Waals surface area contributed by atoms with Crippen LogP contribution in [0.1, 0.15) is 62.3 Å². The summed E-state index contributed by atoms with van der Waals surface area (Å²) >= 11 is 0. The van der Waals surface area contributed by atoms with Gasteiger partial charge in [-0.3, -0.25) is 0 Å². The van der Waals surface area contributed by atoms with E-state index in [1.807, 2.05) is 0 Å². The molecule has 0 heterocycles. The van der Waals surface area contributed by atoms with Crippen molar-refractivity contribution in [3.05, 3.63) is 0 Å². The maximum atomic E-state index is 6.98. The van der Waals surface area contributed by atoms with Crippen LogP contribution in [0.5, 0.6) is 0 Å². The largest absolute Gasteiger partial charge is 0.483 e. The standard InChI is InChI=1S/C19H49NO3Si4/c1-17(2,3)24(10,11)21-27(16-20,22-25(12,13)18(4,5)6)23-26(14,15)19(7,8)9/h16,20H2,1-15H3. The van der Waals surface area contributed by atoms with Gasteiger partial charge in [0.25, 0.3) is 0 Å². The highest BCUT2D eigenvalue weighted by Crippen LogP contribution is 2.45. The van der Waals surface area contributed by atoms with Gasteiger partial charge in [-0.1, -0.05) is 62.3 Å². The predicted molar refractivity (Wildman–Crippen MR) is 130 cm³/mol. The quantitative estimate of drug-likeness (QED) is 0.449. The lowest BCUT2D eigenvalue weighted by Crippen LogP contribution is -2.69. The highest BCUT2D eigenvalue weighted by Gasteiger charge is 2.57. The summed E-state index contributed by atoms with van der Waals surface area (Å²) in [5.74, 6) is 0. The van der Waals surface area contributed by atoms with E-state index < -0.39 is 33.8 Å². The molecule has 0 saturated carbocycles. The fourth-order valence-electron chi connectivity index (χ4n) is 1.81. The predicted octanol–water partition coefficient (Wildman–Crippen LogP) is 6.49. The van der Waals surface area contributed by atoms with E-state index in [2.05, 4.69) is 102 Å². The zero-order valence-electron chi connectivity index (χ0n) is 21.0. The van der Waals surface area contributed by atoms with Crippen LogP contribution in [0.3, 0.4) is 0 Å². The van der Waals surface area contributed by atoms with E-state index >= 15 is 0 Å². The Hall–Kier alpha value is 0.708. The molecule has 2 N–H and O–H groups in total. The first-order chi connectivity index (χ1) is 11.4. The molecule has 0 atom stereocenters. The molecule has 0 aromatic rings. The van der Waals surface area contributed by atoms with Gasteiger partial charge in [-0.05, 0) is 54.4 Å². The first-order valence-electron chi connectivity index (χ1n) is 10.2. The summed E-state index contributed by atoms with van der Waals surface area (Å²) in [5, 5.41) is 0.232. The van der Waals surface area contributed by atoms with E-state index in [1.165, 1.54) is 0 Å². The average Bonchev–Trinajstić information content (AvgIpc) is 2.32. The molecule has 4 nitrogen and oxygen atoms in total. The van der Waals surface area contributed by atoms with Gasteiger partial charge in [0.2, 0.25) is 0 Å². The van der Waals surface area contributed by atoms with Crippen LogP contribution in [0.4, 0.5) is 0 Å². The molecule has 0 aliphatic carbocycles. The van der Waals surface area contributed by atoms with E-state index in [4.69, 9.17) is 18.1 Å². The molecular formula is C19H49NO3Si4. The molecule has 0 rings (SSSR count). The van der Waals surface area contributed by atoms with Crippen LogP contribution >= 0.6 is 0 Å². The van der Waals surface area contributed by atoms with Gasteiger partial charge in [0, 0.05) is 0 Å². The van der Waals surface area contributed by atoms with Crippen molar-refractivity contribution in [1.82, 2.24) is 0 Å². The summed E-state index contributed by atoms with van der Waals surface area (Å²) in [6.07, 6.45) is 0.346. The molecule has 0 spiro atoms. The zero-order chi connectivity index (χ0) is 22.3. The number of hydrogen-bond donors (Lipinski definition) is 1. The van der Waals surface area contributed by atoms with E-state index in [-0.39, 0.29) is 15.1 Å². The van der Waals surface area contributed by atoms with Crippen molar-refractivity contribution in [2.75, 3.05) is 6.17 Å². The Morgan fingerprint density at radius 1 is 0.519 bits per heavy atom. The second-order valence-electron chi connectivity index (χ2n) is 12.5. The minimum atomic E-state index is -3.04. The van der Waals surface area contributed by atoms with Gasteiger partial charge < -0.3 is 18.1 Å². The summed E-state index contributed by atoms with van der Waals surface area (Å²) in [4.78, 5) is 0. The second kappa shape index (κ2) is 8.09. The monoisotopic (exact) mass is 451 g/mol. The molecule has 0 fully saturated rings. The van der Waals surface area contributed by atoms with Gasteiger partial charge in [0.15, 0.2) is 25.0 Å². The molecular weight excluding hydrogens is 403 g/mol. The molecule has 0 aliphatic heterocycles. The molecule has 27 heavy (non-hydrogen) atoms. The second-order valence-corrected chi connectivity index (χ2v) is 30.3. The lowest BCUT2D eigenvalue weighted by molar-refractivity contribution is 0.230. The zero-order valence-corrected chi connectivity index (χ0v) is 25.0. The Morgan fingerprint density at radius 3 is 0.815 bits per heavy atom. The number of hydrogen-bond acceptors (Lipinski definition) is 4. The molecule has 8 heteroatoms. The van der Waals surface area contributed by atoms with Crippen molar-refractivity contribution < 1.29 is 12.3 Å². The van der Waals surface area contributed by atoms with Crippen molar-refractivity contribution >= 4 is 33.8 Å². The van der Waals surface area contributed by atoms with Gasteiger partial charge in [-0.2, -0.15) is 0 Å². The highest BCUT2D eigenvalue weighted by atomic mass is 28.5. The molecule has 164 valence electrons. The lowest BCUT2D eigenvalue weighted by atomic mass is 10.2. The van der Waals surface area contributed by atoms with E-state index in [1.54, 1.807) is 0 Å². The molecule has 0 amide bonds. The summed E-state index contributed by atoms with van der Waals surface area (Å²) in [6.45, 7) is 34.0. The third-order valence-corrected chi connectivity index (χ3v) is 28.1. The Labute approximate surface area is 174 Å². The minimum absolute atomic E-state index is 0.0774. The van der Waals surface area contributed by atoms with Crippen molar-refractivity contribution in [3.63, 3.8) is 0 Å². The van der Waals surface area contributed by atoms with Crippen LogP contribution in [0, 0.1) is 0 Å². The molecule has 0 aromatic carbocycles. The average molecular weight is 452 g/mol. The van der Waals surface area contributed by atoms with Gasteiger partial charge in [-0.15, -0.1) is 0 Å². The Balaban J connectivity index is 6.29. The number of nitrogens with two attached hydrogens (primary N) is 1. The third kappa shape index (κ3) is 6.87. The van der Waals surface area contributed by atoms with Gasteiger partial charge in [0.1, 0.15) is 0 Å². The Morgan fingerprint density at radius 2 is 0.704 bits per heavy atom. The third-order valence-electron chi connectivity index (χ3n) is 6.90. The normalized spacial score (nSPS) is 16.0. The van der Waals surface area contributed by atoms with E-state index in [0.717, 1.165) is 0 Å². The van der Waals surface area contributed by atoms with Gasteiger partial charge in [0.05, 0.1) is 6.17 Å². The van der Waals surface area contributed by atoms with Crippen molar-refractivity contribution in [2.24, 2.45) is 5.73 Å². The van der Waals surface area contributed by atoms with Crippen LogP contribution in [0.2, 0.25) is 54.4 Å². The van der Waals surface area contributed by atoms with Crippen molar-refractivity contribution in [2.45, 2.75) is 117 Å². The summed E-state index contributed by atoms with van der Waals surface area (Å²) in [5.41, 5.74) is 6.41. The molecule has 0 aliphatic rings. The van der Waals surface area contributed by atoms with Crippen LogP contribution in [0.25, 0.3) is 0 Å². The molecule has 0 aromatic heterocycles. The van der Waals surface area contributed by atoms with Crippen LogP contribution in [-0.4, -0.2) is 39.9 Å².